The Hall–Kier alpha value is -1.70. The molecule has 1 aliphatic rings. The molecule has 1 N–H and O–H groups in total. The van der Waals surface area contributed by atoms with Gasteiger partial charge in [-0.2, -0.15) is 4.31 Å². The Morgan fingerprint density at radius 2 is 1.77 bits per heavy atom. The minimum atomic E-state index is -3.46. The second-order valence-corrected chi connectivity index (χ2v) is 9.24. The molecule has 1 aliphatic heterocycles. The summed E-state index contributed by atoms with van der Waals surface area (Å²) in [6.07, 6.45) is 1.79. The topological polar surface area (TPSA) is 66.5 Å². The molecule has 0 aromatic heterocycles. The lowest BCUT2D eigenvalue weighted by Gasteiger charge is -2.16. The molecular weight excluding hydrogens is 416 g/mol. The average molecular weight is 437 g/mol. The third-order valence-corrected chi connectivity index (χ3v) is 6.92. The molecule has 7 heteroatoms. The van der Waals surface area contributed by atoms with Gasteiger partial charge in [0.25, 0.3) is 5.91 Å². The fraction of sp³-hybridized carbons (Fsp3) is 0.316. The summed E-state index contributed by atoms with van der Waals surface area (Å²) in [7, 11) is -3.46. The van der Waals surface area contributed by atoms with Crippen LogP contribution in [-0.2, 0) is 10.0 Å². The van der Waals surface area contributed by atoms with E-state index in [1.165, 1.54) is 16.4 Å². The predicted octanol–water partition coefficient (Wildman–Crippen LogP) is 3.72. The molecule has 0 spiro atoms. The van der Waals surface area contributed by atoms with E-state index in [0.29, 0.717) is 18.7 Å². The van der Waals surface area contributed by atoms with Crippen LogP contribution in [0, 0.1) is 0 Å². The number of amides is 1. The molecule has 1 fully saturated rings. The van der Waals surface area contributed by atoms with Gasteiger partial charge in [-0.05, 0) is 61.7 Å². The SMILES string of the molecule is CC(NC(=O)c1ccc(S(=O)(=O)N2CCCC2)cc1)c1cccc(Br)c1. The zero-order valence-electron chi connectivity index (χ0n) is 14.5. The van der Waals surface area contributed by atoms with Crippen LogP contribution < -0.4 is 5.32 Å². The largest absolute Gasteiger partial charge is 0.346 e. The first-order valence-electron chi connectivity index (χ1n) is 8.54. The minimum Gasteiger partial charge on any atom is -0.346 e. The first kappa shape index (κ1) is 19.1. The molecular formula is C19H21BrN2O3S. The summed E-state index contributed by atoms with van der Waals surface area (Å²) in [6, 6.07) is 13.7. The van der Waals surface area contributed by atoms with Gasteiger partial charge in [0.2, 0.25) is 10.0 Å². The van der Waals surface area contributed by atoms with Gasteiger partial charge in [0.1, 0.15) is 0 Å². The van der Waals surface area contributed by atoms with Gasteiger partial charge in [0, 0.05) is 23.1 Å². The number of sulfonamides is 1. The van der Waals surface area contributed by atoms with Crippen molar-refractivity contribution in [3.63, 3.8) is 0 Å². The van der Waals surface area contributed by atoms with Crippen molar-refractivity contribution in [3.05, 3.63) is 64.1 Å². The van der Waals surface area contributed by atoms with Gasteiger partial charge in [0.15, 0.2) is 0 Å². The predicted molar refractivity (Wildman–Crippen MR) is 104 cm³/mol. The number of benzene rings is 2. The van der Waals surface area contributed by atoms with Crippen LogP contribution in [0.15, 0.2) is 57.9 Å². The summed E-state index contributed by atoms with van der Waals surface area (Å²) in [5, 5.41) is 2.93. The quantitative estimate of drug-likeness (QED) is 0.776. The average Bonchev–Trinajstić information content (AvgIpc) is 3.17. The van der Waals surface area contributed by atoms with Crippen LogP contribution in [-0.4, -0.2) is 31.7 Å². The van der Waals surface area contributed by atoms with Crippen molar-refractivity contribution in [2.45, 2.75) is 30.7 Å². The first-order valence-corrected chi connectivity index (χ1v) is 10.8. The smallest absolute Gasteiger partial charge is 0.251 e. The van der Waals surface area contributed by atoms with E-state index in [2.05, 4.69) is 21.2 Å². The Bertz CT molecular complexity index is 891. The Kier molecular flexibility index (Phi) is 5.79. The third kappa shape index (κ3) is 4.16. The Morgan fingerprint density at radius 3 is 2.38 bits per heavy atom. The zero-order valence-corrected chi connectivity index (χ0v) is 16.9. The molecule has 2 aromatic carbocycles. The lowest BCUT2D eigenvalue weighted by atomic mass is 10.1. The van der Waals surface area contributed by atoms with Gasteiger partial charge < -0.3 is 5.32 Å². The van der Waals surface area contributed by atoms with Gasteiger partial charge in [-0.15, -0.1) is 0 Å². The van der Waals surface area contributed by atoms with Crippen LogP contribution in [0.2, 0.25) is 0 Å². The molecule has 0 saturated carbocycles. The molecule has 0 bridgehead atoms. The monoisotopic (exact) mass is 436 g/mol. The Morgan fingerprint density at radius 1 is 1.12 bits per heavy atom. The van der Waals surface area contributed by atoms with Crippen LogP contribution in [0.1, 0.15) is 41.7 Å². The highest BCUT2D eigenvalue weighted by molar-refractivity contribution is 9.10. The maximum atomic E-state index is 12.5. The number of halogens is 1. The number of carbonyl (C=O) groups excluding carboxylic acids is 1. The van der Waals surface area contributed by atoms with Crippen LogP contribution >= 0.6 is 15.9 Å². The van der Waals surface area contributed by atoms with E-state index in [1.54, 1.807) is 12.1 Å². The maximum absolute atomic E-state index is 12.5. The number of carbonyl (C=O) groups is 1. The van der Waals surface area contributed by atoms with Crippen molar-refractivity contribution in [2.75, 3.05) is 13.1 Å². The number of rotatable bonds is 5. The summed E-state index contributed by atoms with van der Waals surface area (Å²) < 4.78 is 27.5. The Balaban J connectivity index is 1.71. The molecule has 1 atom stereocenters. The van der Waals surface area contributed by atoms with Crippen molar-refractivity contribution in [1.82, 2.24) is 9.62 Å². The minimum absolute atomic E-state index is 0.159. The second kappa shape index (κ2) is 7.90. The van der Waals surface area contributed by atoms with E-state index in [4.69, 9.17) is 0 Å². The number of hydrogen-bond acceptors (Lipinski definition) is 3. The van der Waals surface area contributed by atoms with Crippen LogP contribution in [0.4, 0.5) is 0 Å². The summed E-state index contributed by atoms with van der Waals surface area (Å²) in [5.41, 5.74) is 1.42. The normalized spacial score (nSPS) is 16.4. The van der Waals surface area contributed by atoms with E-state index in [-0.39, 0.29) is 16.8 Å². The summed E-state index contributed by atoms with van der Waals surface area (Å²) in [5.74, 6) is -0.234. The molecule has 1 unspecified atom stereocenters. The van der Waals surface area contributed by atoms with Crippen LogP contribution in [0.3, 0.4) is 0 Å². The number of hydrogen-bond donors (Lipinski definition) is 1. The van der Waals surface area contributed by atoms with Gasteiger partial charge >= 0.3 is 0 Å². The maximum Gasteiger partial charge on any atom is 0.251 e. The molecule has 1 saturated heterocycles. The van der Waals surface area contributed by atoms with E-state index in [0.717, 1.165) is 22.9 Å². The molecule has 138 valence electrons. The van der Waals surface area contributed by atoms with E-state index in [9.17, 15) is 13.2 Å². The molecule has 1 heterocycles. The molecule has 0 aliphatic carbocycles. The molecule has 2 aromatic rings. The van der Waals surface area contributed by atoms with Crippen molar-refractivity contribution in [3.8, 4) is 0 Å². The van der Waals surface area contributed by atoms with Crippen molar-refractivity contribution in [2.24, 2.45) is 0 Å². The highest BCUT2D eigenvalue weighted by Gasteiger charge is 2.27. The van der Waals surface area contributed by atoms with Gasteiger partial charge in [-0.3, -0.25) is 4.79 Å². The first-order chi connectivity index (χ1) is 12.4. The molecule has 5 nitrogen and oxygen atoms in total. The second-order valence-electron chi connectivity index (χ2n) is 6.39. The summed E-state index contributed by atoms with van der Waals surface area (Å²) in [6.45, 7) is 3.04. The number of nitrogens with zero attached hydrogens (tertiary/aromatic N) is 1. The molecule has 1 amide bonds. The summed E-state index contributed by atoms with van der Waals surface area (Å²) >= 11 is 3.42. The van der Waals surface area contributed by atoms with Crippen LogP contribution in [0.5, 0.6) is 0 Å². The standard InChI is InChI=1S/C19H21BrN2O3S/c1-14(16-5-4-6-17(20)13-16)21-19(23)15-7-9-18(10-8-15)26(24,25)22-11-2-3-12-22/h4-10,13-14H,2-3,11-12H2,1H3,(H,21,23). The lowest BCUT2D eigenvalue weighted by Crippen LogP contribution is -2.28. The van der Waals surface area contributed by atoms with Gasteiger partial charge in [-0.25, -0.2) is 8.42 Å². The highest BCUT2D eigenvalue weighted by atomic mass is 79.9. The fourth-order valence-corrected chi connectivity index (χ4v) is 4.93. The summed E-state index contributed by atoms with van der Waals surface area (Å²) in [4.78, 5) is 12.7. The fourth-order valence-electron chi connectivity index (χ4n) is 3.00. The van der Waals surface area contributed by atoms with E-state index in [1.807, 2.05) is 31.2 Å². The van der Waals surface area contributed by atoms with Gasteiger partial charge in [-0.1, -0.05) is 28.1 Å². The lowest BCUT2D eigenvalue weighted by molar-refractivity contribution is 0.0939. The third-order valence-electron chi connectivity index (χ3n) is 4.52. The Labute approximate surface area is 162 Å². The number of nitrogens with one attached hydrogen (secondary N) is 1. The van der Waals surface area contributed by atoms with E-state index >= 15 is 0 Å². The highest BCUT2D eigenvalue weighted by Crippen LogP contribution is 2.22. The van der Waals surface area contributed by atoms with Crippen molar-refractivity contribution in [1.29, 1.82) is 0 Å². The van der Waals surface area contributed by atoms with E-state index < -0.39 is 10.0 Å². The molecule has 3 rings (SSSR count). The van der Waals surface area contributed by atoms with Crippen LogP contribution in [0.25, 0.3) is 0 Å². The zero-order chi connectivity index (χ0) is 18.7. The molecule has 26 heavy (non-hydrogen) atoms. The van der Waals surface area contributed by atoms with Gasteiger partial charge in [0.05, 0.1) is 10.9 Å². The van der Waals surface area contributed by atoms with Crippen molar-refractivity contribution < 1.29 is 13.2 Å². The molecule has 0 radical (unpaired) electrons. The van der Waals surface area contributed by atoms with Crippen molar-refractivity contribution >= 4 is 31.9 Å².